The smallest absolute Gasteiger partial charge is 0.128 e. The van der Waals surface area contributed by atoms with Crippen LogP contribution in [0.2, 0.25) is 5.02 Å². The van der Waals surface area contributed by atoms with Gasteiger partial charge in [0, 0.05) is 11.3 Å². The molecule has 0 saturated heterocycles. The summed E-state index contributed by atoms with van der Waals surface area (Å²) < 4.78 is 26.0. The zero-order valence-electron chi connectivity index (χ0n) is 10.3. The van der Waals surface area contributed by atoms with E-state index < -0.39 is 16.6 Å². The molecule has 2 aromatic carbocycles. The Morgan fingerprint density at radius 3 is 2.70 bits per heavy atom. The van der Waals surface area contributed by atoms with Gasteiger partial charge in [-0.1, -0.05) is 23.7 Å². The molecular formula is C14H10ClFN2OS. The minimum Gasteiger partial charge on any atom is -0.398 e. The van der Waals surface area contributed by atoms with Crippen molar-refractivity contribution in [1.82, 2.24) is 0 Å². The fourth-order valence-electron chi connectivity index (χ4n) is 1.71. The van der Waals surface area contributed by atoms with Crippen molar-refractivity contribution in [3.8, 4) is 6.07 Å². The normalized spacial score (nSPS) is 11.8. The van der Waals surface area contributed by atoms with Crippen LogP contribution in [0.3, 0.4) is 0 Å². The third kappa shape index (κ3) is 2.98. The molecule has 6 heteroatoms. The minimum absolute atomic E-state index is 0.0501. The lowest BCUT2D eigenvalue weighted by Gasteiger charge is -2.08. The molecule has 0 aliphatic rings. The average molecular weight is 309 g/mol. The Labute approximate surface area is 123 Å². The van der Waals surface area contributed by atoms with Crippen LogP contribution in [-0.4, -0.2) is 4.21 Å². The maximum Gasteiger partial charge on any atom is 0.128 e. The molecule has 0 radical (unpaired) electrons. The largest absolute Gasteiger partial charge is 0.398 e. The van der Waals surface area contributed by atoms with Crippen molar-refractivity contribution in [3.63, 3.8) is 0 Å². The molecule has 0 spiro atoms. The van der Waals surface area contributed by atoms with Crippen LogP contribution < -0.4 is 5.73 Å². The van der Waals surface area contributed by atoms with Gasteiger partial charge in [-0.15, -0.1) is 0 Å². The molecule has 0 aliphatic carbocycles. The average Bonchev–Trinajstić information content (AvgIpc) is 2.41. The van der Waals surface area contributed by atoms with E-state index in [2.05, 4.69) is 0 Å². The Bertz CT molecular complexity index is 707. The number of nitrogen functional groups attached to an aromatic ring is 1. The SMILES string of the molecule is N#Cc1ccc(CS(=O)c2c(N)cccc2Cl)c(F)c1. The molecule has 102 valence electrons. The molecule has 3 nitrogen and oxygen atoms in total. The van der Waals surface area contributed by atoms with Crippen LogP contribution in [0.5, 0.6) is 0 Å². The van der Waals surface area contributed by atoms with Crippen LogP contribution in [0.4, 0.5) is 10.1 Å². The van der Waals surface area contributed by atoms with Gasteiger partial charge in [0.25, 0.3) is 0 Å². The third-order valence-corrected chi connectivity index (χ3v) is 4.61. The molecule has 0 fully saturated rings. The van der Waals surface area contributed by atoms with Gasteiger partial charge in [-0.25, -0.2) is 4.39 Å². The monoisotopic (exact) mass is 308 g/mol. The van der Waals surface area contributed by atoms with E-state index in [0.717, 1.165) is 6.07 Å². The highest BCUT2D eigenvalue weighted by Crippen LogP contribution is 2.27. The molecule has 0 heterocycles. The molecule has 0 aliphatic heterocycles. The van der Waals surface area contributed by atoms with Crippen molar-refractivity contribution in [2.45, 2.75) is 10.6 Å². The van der Waals surface area contributed by atoms with E-state index in [1.54, 1.807) is 18.2 Å². The first-order valence-corrected chi connectivity index (χ1v) is 7.33. The van der Waals surface area contributed by atoms with E-state index >= 15 is 0 Å². The van der Waals surface area contributed by atoms with Crippen LogP contribution in [0.25, 0.3) is 0 Å². The molecule has 0 aromatic heterocycles. The number of nitrogens with two attached hydrogens (primary N) is 1. The molecule has 2 rings (SSSR count). The molecule has 1 atom stereocenters. The summed E-state index contributed by atoms with van der Waals surface area (Å²) in [7, 11) is -1.56. The summed E-state index contributed by atoms with van der Waals surface area (Å²) in [5.41, 5.74) is 6.52. The van der Waals surface area contributed by atoms with Crippen molar-refractivity contribution in [1.29, 1.82) is 5.26 Å². The predicted octanol–water partition coefficient (Wildman–Crippen LogP) is 3.24. The topological polar surface area (TPSA) is 66.9 Å². The lowest BCUT2D eigenvalue weighted by Crippen LogP contribution is -2.03. The number of nitrogens with zero attached hydrogens (tertiary/aromatic N) is 1. The second kappa shape index (κ2) is 6.04. The molecule has 2 aromatic rings. The lowest BCUT2D eigenvalue weighted by molar-refractivity contribution is 0.614. The summed E-state index contributed by atoms with van der Waals surface area (Å²) in [4.78, 5) is 0.304. The van der Waals surface area contributed by atoms with Gasteiger partial charge in [0.2, 0.25) is 0 Å². The maximum absolute atomic E-state index is 13.8. The van der Waals surface area contributed by atoms with E-state index in [1.165, 1.54) is 12.1 Å². The summed E-state index contributed by atoms with van der Waals surface area (Å²) in [5, 5.41) is 8.96. The summed E-state index contributed by atoms with van der Waals surface area (Å²) in [6.45, 7) is 0. The van der Waals surface area contributed by atoms with Gasteiger partial charge in [-0.3, -0.25) is 4.21 Å². The van der Waals surface area contributed by atoms with Crippen molar-refractivity contribution in [3.05, 3.63) is 58.4 Å². The second-order valence-electron chi connectivity index (χ2n) is 4.07. The molecule has 0 bridgehead atoms. The molecule has 0 amide bonds. The zero-order chi connectivity index (χ0) is 14.7. The standard InChI is InChI=1S/C14H10ClFN2OS/c15-11-2-1-3-13(18)14(11)20(19)8-10-5-4-9(7-17)6-12(10)16/h1-6H,8,18H2. The van der Waals surface area contributed by atoms with Gasteiger partial charge in [-0.05, 0) is 24.3 Å². The van der Waals surface area contributed by atoms with E-state index in [-0.39, 0.29) is 21.9 Å². The van der Waals surface area contributed by atoms with E-state index in [4.69, 9.17) is 22.6 Å². The summed E-state index contributed by atoms with van der Waals surface area (Å²) in [6, 6.07) is 10.7. The Hall–Kier alpha value is -1.90. The van der Waals surface area contributed by atoms with Crippen molar-refractivity contribution in [2.24, 2.45) is 0 Å². The van der Waals surface area contributed by atoms with Gasteiger partial charge in [0.05, 0.1) is 38.1 Å². The van der Waals surface area contributed by atoms with Crippen molar-refractivity contribution < 1.29 is 8.60 Å². The van der Waals surface area contributed by atoms with Crippen LogP contribution in [0, 0.1) is 17.1 Å². The Balaban J connectivity index is 2.31. The van der Waals surface area contributed by atoms with Gasteiger partial charge in [0.1, 0.15) is 5.82 Å². The molecule has 1 unspecified atom stereocenters. The van der Waals surface area contributed by atoms with Gasteiger partial charge in [-0.2, -0.15) is 5.26 Å². The third-order valence-electron chi connectivity index (χ3n) is 2.69. The van der Waals surface area contributed by atoms with Gasteiger partial charge < -0.3 is 5.73 Å². The minimum atomic E-state index is -1.56. The second-order valence-corrected chi connectivity index (χ2v) is 5.86. The highest BCUT2D eigenvalue weighted by Gasteiger charge is 2.15. The fourth-order valence-corrected chi connectivity index (χ4v) is 3.43. The van der Waals surface area contributed by atoms with Crippen molar-refractivity contribution >= 4 is 28.1 Å². The number of rotatable bonds is 3. The first-order valence-electron chi connectivity index (χ1n) is 5.64. The summed E-state index contributed by atoms with van der Waals surface area (Å²) in [5.74, 6) is -0.617. The molecule has 2 N–H and O–H groups in total. The molecular weight excluding hydrogens is 299 g/mol. The van der Waals surface area contributed by atoms with Gasteiger partial charge in [0.15, 0.2) is 0 Å². The predicted molar refractivity (Wildman–Crippen MR) is 77.1 cm³/mol. The molecule has 20 heavy (non-hydrogen) atoms. The highest BCUT2D eigenvalue weighted by molar-refractivity contribution is 7.84. The first-order chi connectivity index (χ1) is 9.52. The number of hydrogen-bond acceptors (Lipinski definition) is 3. The fraction of sp³-hybridized carbons (Fsp3) is 0.0714. The van der Waals surface area contributed by atoms with Crippen molar-refractivity contribution in [2.75, 3.05) is 5.73 Å². The Morgan fingerprint density at radius 1 is 1.35 bits per heavy atom. The van der Waals surface area contributed by atoms with Gasteiger partial charge >= 0.3 is 0 Å². The van der Waals surface area contributed by atoms with Crippen LogP contribution >= 0.6 is 11.6 Å². The summed E-state index contributed by atoms with van der Waals surface area (Å²) >= 11 is 5.97. The van der Waals surface area contributed by atoms with E-state index in [0.29, 0.717) is 10.6 Å². The Kier molecular flexibility index (Phi) is 4.38. The van der Waals surface area contributed by atoms with Crippen LogP contribution in [0.1, 0.15) is 11.1 Å². The number of anilines is 1. The zero-order valence-corrected chi connectivity index (χ0v) is 11.8. The number of nitriles is 1. The first kappa shape index (κ1) is 14.5. The number of benzene rings is 2. The highest BCUT2D eigenvalue weighted by atomic mass is 35.5. The lowest BCUT2D eigenvalue weighted by atomic mass is 10.1. The summed E-state index contributed by atoms with van der Waals surface area (Å²) in [6.07, 6.45) is 0. The van der Waals surface area contributed by atoms with Crippen LogP contribution in [-0.2, 0) is 16.6 Å². The Morgan fingerprint density at radius 2 is 2.10 bits per heavy atom. The van der Waals surface area contributed by atoms with Crippen LogP contribution in [0.15, 0.2) is 41.3 Å². The quantitative estimate of drug-likeness (QED) is 0.885. The number of halogens is 2. The van der Waals surface area contributed by atoms with E-state index in [1.807, 2.05) is 6.07 Å². The molecule has 0 saturated carbocycles. The number of hydrogen-bond donors (Lipinski definition) is 1. The van der Waals surface area contributed by atoms with E-state index in [9.17, 15) is 8.60 Å². The maximum atomic E-state index is 13.8.